The zero-order chi connectivity index (χ0) is 27.9. The number of hydrogen-bond donors (Lipinski definition) is 2. The first-order valence-electron chi connectivity index (χ1n) is 12.7. The lowest BCUT2D eigenvalue weighted by Gasteiger charge is -2.35. The van der Waals surface area contributed by atoms with Crippen LogP contribution in [0.25, 0.3) is 11.3 Å². The van der Waals surface area contributed by atoms with E-state index in [-0.39, 0.29) is 30.4 Å². The smallest absolute Gasteiger partial charge is 0.410 e. The molecular formula is C27H36N6O4S. The molecule has 1 aromatic carbocycles. The molecule has 38 heavy (non-hydrogen) atoms. The molecule has 1 atom stereocenters. The highest BCUT2D eigenvalue weighted by Crippen LogP contribution is 2.28. The number of piperazine rings is 1. The number of hydrogen-bond acceptors (Lipinski definition) is 8. The third kappa shape index (κ3) is 8.18. The number of carbonyl (C=O) groups is 3. The summed E-state index contributed by atoms with van der Waals surface area (Å²) in [6, 6.07) is 8.25. The normalized spacial score (nSPS) is 14.6. The van der Waals surface area contributed by atoms with Gasteiger partial charge in [-0.3, -0.25) is 9.59 Å². The quantitative estimate of drug-likeness (QED) is 0.489. The highest BCUT2D eigenvalue weighted by Gasteiger charge is 2.27. The molecule has 2 N–H and O–H groups in total. The van der Waals surface area contributed by atoms with Gasteiger partial charge in [-0.1, -0.05) is 26.0 Å². The van der Waals surface area contributed by atoms with E-state index in [4.69, 9.17) is 15.0 Å². The van der Waals surface area contributed by atoms with Crippen LogP contribution < -0.4 is 15.5 Å². The molecule has 0 radical (unpaired) electrons. The molecule has 1 saturated heterocycles. The van der Waals surface area contributed by atoms with Crippen LogP contribution in [0.3, 0.4) is 0 Å². The molecule has 204 valence electrons. The monoisotopic (exact) mass is 540 g/mol. The molecule has 2 heterocycles. The molecule has 3 amide bonds. The molecule has 0 bridgehead atoms. The van der Waals surface area contributed by atoms with Gasteiger partial charge < -0.3 is 25.2 Å². The molecule has 1 fully saturated rings. The van der Waals surface area contributed by atoms with Gasteiger partial charge in [-0.05, 0) is 45.2 Å². The molecule has 0 aliphatic carbocycles. The standard InChI is InChI=1S/C27H36N6O4S/c1-18(2)16-21(24(35)29-11-10-28)30-23(34)20-8-6-19(7-9-20)22-17-38-25(31-22)32-12-14-33(15-13-32)26(36)37-27(3,4)5/h6-9,17-18,21H,11-16H2,1-5H3,(H,29,35)(H,30,34)/t21-/m0/s1. The third-order valence-corrected chi connectivity index (χ3v) is 6.71. The van der Waals surface area contributed by atoms with Gasteiger partial charge in [0, 0.05) is 42.7 Å². The van der Waals surface area contributed by atoms with Crippen molar-refractivity contribution in [2.75, 3.05) is 37.6 Å². The molecular weight excluding hydrogens is 504 g/mol. The number of benzene rings is 1. The Hall–Kier alpha value is -3.65. The molecule has 11 heteroatoms. The van der Waals surface area contributed by atoms with Gasteiger partial charge in [-0.25, -0.2) is 9.78 Å². The SMILES string of the molecule is CC(C)C[C@H](NC(=O)c1ccc(-c2csc(N3CCN(C(=O)OC(C)(C)C)CC3)n2)cc1)C(=O)NCC#N. The van der Waals surface area contributed by atoms with Crippen LogP contribution in [0.1, 0.15) is 51.4 Å². The molecule has 2 aromatic rings. The van der Waals surface area contributed by atoms with Gasteiger partial charge in [0.15, 0.2) is 5.13 Å². The maximum absolute atomic E-state index is 12.8. The first-order valence-corrected chi connectivity index (χ1v) is 13.6. The number of thiazole rings is 1. The number of carbonyl (C=O) groups excluding carboxylic acids is 3. The second-order valence-electron chi connectivity index (χ2n) is 10.6. The van der Waals surface area contributed by atoms with Crippen molar-refractivity contribution >= 4 is 34.4 Å². The summed E-state index contributed by atoms with van der Waals surface area (Å²) in [6.07, 6.45) is 0.175. The number of amides is 3. The minimum Gasteiger partial charge on any atom is -0.444 e. The third-order valence-electron chi connectivity index (χ3n) is 5.81. The Morgan fingerprint density at radius 1 is 1.13 bits per heavy atom. The number of aromatic nitrogens is 1. The summed E-state index contributed by atoms with van der Waals surface area (Å²) in [6.45, 7) is 11.9. The average Bonchev–Trinajstić information content (AvgIpc) is 3.36. The van der Waals surface area contributed by atoms with Crippen molar-refractivity contribution in [3.63, 3.8) is 0 Å². The summed E-state index contributed by atoms with van der Waals surface area (Å²) in [5, 5.41) is 16.9. The van der Waals surface area contributed by atoms with E-state index in [0.29, 0.717) is 38.2 Å². The van der Waals surface area contributed by atoms with Gasteiger partial charge in [0.1, 0.15) is 18.2 Å². The van der Waals surface area contributed by atoms with E-state index in [0.717, 1.165) is 16.4 Å². The van der Waals surface area contributed by atoms with E-state index in [9.17, 15) is 14.4 Å². The largest absolute Gasteiger partial charge is 0.444 e. The Bertz CT molecular complexity index is 1160. The number of rotatable bonds is 8. The molecule has 1 aromatic heterocycles. The van der Waals surface area contributed by atoms with E-state index in [1.165, 1.54) is 11.3 Å². The van der Waals surface area contributed by atoms with Gasteiger partial charge in [0.05, 0.1) is 11.8 Å². The van der Waals surface area contributed by atoms with Crippen molar-refractivity contribution in [2.24, 2.45) is 5.92 Å². The van der Waals surface area contributed by atoms with Crippen LogP contribution in [0.15, 0.2) is 29.6 Å². The van der Waals surface area contributed by atoms with Crippen molar-refractivity contribution in [3.05, 3.63) is 35.2 Å². The first kappa shape index (κ1) is 28.9. The summed E-state index contributed by atoms with van der Waals surface area (Å²) in [5.74, 6) is -0.530. The Morgan fingerprint density at radius 2 is 1.79 bits per heavy atom. The van der Waals surface area contributed by atoms with Crippen LogP contribution in [0.2, 0.25) is 0 Å². The van der Waals surface area contributed by atoms with Crippen LogP contribution in [0.5, 0.6) is 0 Å². The minimum absolute atomic E-state index is 0.104. The van der Waals surface area contributed by atoms with Crippen LogP contribution in [0, 0.1) is 17.2 Å². The second-order valence-corrected chi connectivity index (χ2v) is 11.4. The number of anilines is 1. The van der Waals surface area contributed by atoms with Crippen LogP contribution in [-0.4, -0.2) is 72.2 Å². The molecule has 10 nitrogen and oxygen atoms in total. The Labute approximate surface area is 228 Å². The number of nitriles is 1. The predicted octanol–water partition coefficient (Wildman–Crippen LogP) is 3.65. The summed E-state index contributed by atoms with van der Waals surface area (Å²) in [5.41, 5.74) is 1.60. The fraction of sp³-hybridized carbons (Fsp3) is 0.519. The average molecular weight is 541 g/mol. The maximum atomic E-state index is 12.8. The van der Waals surface area contributed by atoms with E-state index in [1.54, 1.807) is 17.0 Å². The van der Waals surface area contributed by atoms with E-state index in [1.807, 2.05) is 58.2 Å². The Balaban J connectivity index is 1.59. The van der Waals surface area contributed by atoms with Crippen LogP contribution >= 0.6 is 11.3 Å². The highest BCUT2D eigenvalue weighted by atomic mass is 32.1. The van der Waals surface area contributed by atoms with Gasteiger partial charge in [-0.2, -0.15) is 5.26 Å². The van der Waals surface area contributed by atoms with E-state index in [2.05, 4.69) is 15.5 Å². The van der Waals surface area contributed by atoms with Crippen molar-refractivity contribution in [1.29, 1.82) is 5.26 Å². The van der Waals surface area contributed by atoms with Crippen molar-refractivity contribution in [2.45, 2.75) is 52.7 Å². The number of nitrogens with zero attached hydrogens (tertiary/aromatic N) is 4. The van der Waals surface area contributed by atoms with Gasteiger partial charge in [-0.15, -0.1) is 11.3 Å². The van der Waals surface area contributed by atoms with Crippen molar-refractivity contribution < 1.29 is 19.1 Å². The zero-order valence-electron chi connectivity index (χ0n) is 22.6. The van der Waals surface area contributed by atoms with Crippen LogP contribution in [-0.2, 0) is 9.53 Å². The number of ether oxygens (including phenoxy) is 1. The lowest BCUT2D eigenvalue weighted by atomic mass is 10.0. The summed E-state index contributed by atoms with van der Waals surface area (Å²) in [4.78, 5) is 46.1. The van der Waals surface area contributed by atoms with Crippen molar-refractivity contribution in [3.8, 4) is 17.3 Å². The fourth-order valence-electron chi connectivity index (χ4n) is 3.94. The second kappa shape index (κ2) is 12.7. The lowest BCUT2D eigenvalue weighted by molar-refractivity contribution is -0.123. The van der Waals surface area contributed by atoms with E-state index >= 15 is 0 Å². The van der Waals surface area contributed by atoms with Crippen molar-refractivity contribution in [1.82, 2.24) is 20.5 Å². The Kier molecular flexibility index (Phi) is 9.69. The van der Waals surface area contributed by atoms with Gasteiger partial charge in [0.25, 0.3) is 5.91 Å². The zero-order valence-corrected chi connectivity index (χ0v) is 23.4. The topological polar surface area (TPSA) is 128 Å². The van der Waals surface area contributed by atoms with Gasteiger partial charge >= 0.3 is 6.09 Å². The molecule has 0 unspecified atom stereocenters. The predicted molar refractivity (Wildman–Crippen MR) is 147 cm³/mol. The molecule has 3 rings (SSSR count). The summed E-state index contributed by atoms with van der Waals surface area (Å²) in [7, 11) is 0. The fourth-order valence-corrected chi connectivity index (χ4v) is 4.82. The van der Waals surface area contributed by atoms with E-state index < -0.39 is 11.6 Å². The Morgan fingerprint density at radius 3 is 2.37 bits per heavy atom. The summed E-state index contributed by atoms with van der Waals surface area (Å²) >= 11 is 1.54. The van der Waals surface area contributed by atoms with Gasteiger partial charge in [0.2, 0.25) is 5.91 Å². The van der Waals surface area contributed by atoms with Crippen LogP contribution in [0.4, 0.5) is 9.93 Å². The number of nitrogens with one attached hydrogen (secondary N) is 2. The minimum atomic E-state index is -0.715. The summed E-state index contributed by atoms with van der Waals surface area (Å²) < 4.78 is 5.47. The molecule has 1 aliphatic rings. The molecule has 0 spiro atoms. The molecule has 0 saturated carbocycles. The lowest BCUT2D eigenvalue weighted by Crippen LogP contribution is -2.50. The molecule has 1 aliphatic heterocycles. The first-order chi connectivity index (χ1) is 18.0. The maximum Gasteiger partial charge on any atom is 0.410 e. The highest BCUT2D eigenvalue weighted by molar-refractivity contribution is 7.14.